The van der Waals surface area contributed by atoms with Crippen LogP contribution in [0.4, 0.5) is 0 Å². The van der Waals surface area contributed by atoms with Crippen LogP contribution < -0.4 is 10.1 Å². The quantitative estimate of drug-likeness (QED) is 0.606. The standard InChI is InChI=1S/C22H30BrNO2/c1-15(22-12-16-8-17(13-22)10-18(9-16)14-22)24-21(25)6-3-7-26-20-5-2-4-19(23)11-20/h2,4-5,11,15-18H,3,6-10,12-14H2,1H3,(H,24,25)/t15-,16?,17?,18?,22?/m0/s1. The predicted octanol–water partition coefficient (Wildman–Crippen LogP) is 5.33. The fourth-order valence-electron chi connectivity index (χ4n) is 6.15. The zero-order valence-electron chi connectivity index (χ0n) is 15.7. The molecule has 0 saturated heterocycles. The first-order valence-electron chi connectivity index (χ1n) is 10.2. The SMILES string of the molecule is C[C@H](NC(=O)CCCOc1cccc(Br)c1)C12CC3CC(CC(C3)C1)C2. The Balaban J connectivity index is 1.22. The van der Waals surface area contributed by atoms with Gasteiger partial charge >= 0.3 is 0 Å². The summed E-state index contributed by atoms with van der Waals surface area (Å²) in [6.07, 6.45) is 9.68. The lowest BCUT2D eigenvalue weighted by molar-refractivity contribution is -0.126. The van der Waals surface area contributed by atoms with Crippen LogP contribution in [0.2, 0.25) is 0 Å². The number of rotatable bonds is 7. The van der Waals surface area contributed by atoms with E-state index in [1.54, 1.807) is 0 Å². The first kappa shape index (κ1) is 18.3. The molecule has 4 bridgehead atoms. The Morgan fingerprint density at radius 3 is 2.50 bits per heavy atom. The molecular weight excluding hydrogens is 390 g/mol. The van der Waals surface area contributed by atoms with Crippen molar-refractivity contribution in [3.05, 3.63) is 28.7 Å². The maximum atomic E-state index is 12.4. The van der Waals surface area contributed by atoms with E-state index in [0.717, 1.165) is 34.4 Å². The molecular formula is C22H30BrNO2. The highest BCUT2D eigenvalue weighted by molar-refractivity contribution is 9.10. The molecule has 1 aromatic carbocycles. The van der Waals surface area contributed by atoms with Crippen molar-refractivity contribution in [1.82, 2.24) is 5.32 Å². The molecule has 1 amide bonds. The summed E-state index contributed by atoms with van der Waals surface area (Å²) in [6, 6.07) is 8.15. The summed E-state index contributed by atoms with van der Waals surface area (Å²) in [7, 11) is 0. The summed E-state index contributed by atoms with van der Waals surface area (Å²) in [5.74, 6) is 3.82. The highest BCUT2D eigenvalue weighted by Gasteiger charge is 2.53. The third kappa shape index (κ3) is 3.95. The van der Waals surface area contributed by atoms with Crippen LogP contribution >= 0.6 is 15.9 Å². The molecule has 0 heterocycles. The van der Waals surface area contributed by atoms with Crippen molar-refractivity contribution in [2.24, 2.45) is 23.2 Å². The number of hydrogen-bond acceptors (Lipinski definition) is 2. The van der Waals surface area contributed by atoms with Crippen LogP contribution in [0.15, 0.2) is 28.7 Å². The van der Waals surface area contributed by atoms with E-state index in [1.165, 1.54) is 38.5 Å². The summed E-state index contributed by atoms with van der Waals surface area (Å²) >= 11 is 3.44. The third-order valence-electron chi connectivity index (χ3n) is 6.99. The minimum absolute atomic E-state index is 0.186. The van der Waals surface area contributed by atoms with Crippen molar-refractivity contribution in [3.63, 3.8) is 0 Å². The lowest BCUT2D eigenvalue weighted by atomic mass is 9.48. The van der Waals surface area contributed by atoms with Crippen molar-refractivity contribution >= 4 is 21.8 Å². The normalized spacial score (nSPS) is 33.1. The Morgan fingerprint density at radius 1 is 1.23 bits per heavy atom. The molecule has 4 aliphatic carbocycles. The Kier molecular flexibility index (Phi) is 5.31. The molecule has 0 spiro atoms. The van der Waals surface area contributed by atoms with E-state index in [1.807, 2.05) is 24.3 Å². The van der Waals surface area contributed by atoms with Crippen LogP contribution in [0.25, 0.3) is 0 Å². The van der Waals surface area contributed by atoms with Crippen LogP contribution in [-0.4, -0.2) is 18.6 Å². The Morgan fingerprint density at radius 2 is 1.88 bits per heavy atom. The molecule has 1 aromatic rings. The van der Waals surface area contributed by atoms with Crippen molar-refractivity contribution in [3.8, 4) is 5.75 Å². The first-order valence-corrected chi connectivity index (χ1v) is 11.0. The van der Waals surface area contributed by atoms with Gasteiger partial charge in [0.2, 0.25) is 5.91 Å². The molecule has 0 unspecified atom stereocenters. The van der Waals surface area contributed by atoms with Gasteiger partial charge in [-0.05, 0) is 93.2 Å². The zero-order chi connectivity index (χ0) is 18.1. The zero-order valence-corrected chi connectivity index (χ0v) is 17.3. The van der Waals surface area contributed by atoms with E-state index in [0.29, 0.717) is 24.5 Å². The fraction of sp³-hybridized carbons (Fsp3) is 0.682. The van der Waals surface area contributed by atoms with Gasteiger partial charge in [0.1, 0.15) is 5.75 Å². The lowest BCUT2D eigenvalue weighted by Crippen LogP contribution is -2.55. The van der Waals surface area contributed by atoms with E-state index in [-0.39, 0.29) is 5.91 Å². The van der Waals surface area contributed by atoms with Crippen LogP contribution in [0.1, 0.15) is 58.3 Å². The van der Waals surface area contributed by atoms with Gasteiger partial charge in [0, 0.05) is 16.9 Å². The average molecular weight is 420 g/mol. The van der Waals surface area contributed by atoms with Gasteiger partial charge in [-0.1, -0.05) is 22.0 Å². The van der Waals surface area contributed by atoms with Crippen LogP contribution in [0.3, 0.4) is 0 Å². The molecule has 26 heavy (non-hydrogen) atoms. The molecule has 0 radical (unpaired) electrons. The van der Waals surface area contributed by atoms with Gasteiger partial charge in [-0.25, -0.2) is 0 Å². The molecule has 5 rings (SSSR count). The molecule has 4 fully saturated rings. The largest absolute Gasteiger partial charge is 0.494 e. The van der Waals surface area contributed by atoms with Crippen LogP contribution in [-0.2, 0) is 4.79 Å². The van der Waals surface area contributed by atoms with E-state index in [2.05, 4.69) is 28.2 Å². The topological polar surface area (TPSA) is 38.3 Å². The summed E-state index contributed by atoms with van der Waals surface area (Å²) in [5.41, 5.74) is 0.386. The monoisotopic (exact) mass is 419 g/mol. The van der Waals surface area contributed by atoms with Gasteiger partial charge in [-0.3, -0.25) is 4.79 Å². The van der Waals surface area contributed by atoms with Crippen molar-refractivity contribution in [2.45, 2.75) is 64.3 Å². The van der Waals surface area contributed by atoms with Crippen LogP contribution in [0, 0.1) is 23.2 Å². The molecule has 0 aliphatic heterocycles. The number of carbonyl (C=O) groups excluding carboxylic acids is 1. The summed E-state index contributed by atoms with van der Waals surface area (Å²) in [6.45, 7) is 2.83. The second-order valence-corrected chi connectivity index (χ2v) is 9.89. The lowest BCUT2D eigenvalue weighted by Gasteiger charge is -2.59. The third-order valence-corrected chi connectivity index (χ3v) is 7.49. The fourth-order valence-corrected chi connectivity index (χ4v) is 6.53. The second-order valence-electron chi connectivity index (χ2n) is 8.98. The molecule has 1 atom stereocenters. The van der Waals surface area contributed by atoms with Crippen molar-refractivity contribution in [2.75, 3.05) is 6.61 Å². The second kappa shape index (κ2) is 7.53. The van der Waals surface area contributed by atoms with E-state index < -0.39 is 0 Å². The van der Waals surface area contributed by atoms with Crippen molar-refractivity contribution in [1.29, 1.82) is 0 Å². The molecule has 4 aliphatic rings. The molecule has 1 N–H and O–H groups in total. The number of amides is 1. The van der Waals surface area contributed by atoms with Gasteiger partial charge < -0.3 is 10.1 Å². The smallest absolute Gasteiger partial charge is 0.220 e. The summed E-state index contributed by atoms with van der Waals surface area (Å²) in [5, 5.41) is 3.34. The highest BCUT2D eigenvalue weighted by Crippen LogP contribution is 2.61. The predicted molar refractivity (Wildman–Crippen MR) is 107 cm³/mol. The molecule has 0 aromatic heterocycles. The van der Waals surface area contributed by atoms with Crippen LogP contribution in [0.5, 0.6) is 5.75 Å². The average Bonchev–Trinajstić information content (AvgIpc) is 2.57. The summed E-state index contributed by atoms with van der Waals surface area (Å²) < 4.78 is 6.74. The van der Waals surface area contributed by atoms with E-state index in [4.69, 9.17) is 4.74 Å². The van der Waals surface area contributed by atoms with Gasteiger partial charge in [0.15, 0.2) is 0 Å². The number of hydrogen-bond donors (Lipinski definition) is 1. The minimum Gasteiger partial charge on any atom is -0.494 e. The molecule has 4 heteroatoms. The number of benzene rings is 1. The van der Waals surface area contributed by atoms with Gasteiger partial charge in [0.05, 0.1) is 6.61 Å². The number of halogens is 1. The highest BCUT2D eigenvalue weighted by atomic mass is 79.9. The van der Waals surface area contributed by atoms with Gasteiger partial charge in [-0.2, -0.15) is 0 Å². The maximum absolute atomic E-state index is 12.4. The number of ether oxygens (including phenoxy) is 1. The molecule has 3 nitrogen and oxygen atoms in total. The maximum Gasteiger partial charge on any atom is 0.220 e. The molecule has 142 valence electrons. The van der Waals surface area contributed by atoms with E-state index in [9.17, 15) is 4.79 Å². The summed E-state index contributed by atoms with van der Waals surface area (Å²) in [4.78, 5) is 12.4. The van der Waals surface area contributed by atoms with Gasteiger partial charge in [-0.15, -0.1) is 0 Å². The Hall–Kier alpha value is -1.03. The Labute approximate surface area is 165 Å². The Bertz CT molecular complexity index is 624. The molecule has 4 saturated carbocycles. The first-order chi connectivity index (χ1) is 12.5. The van der Waals surface area contributed by atoms with E-state index >= 15 is 0 Å². The van der Waals surface area contributed by atoms with Crippen molar-refractivity contribution < 1.29 is 9.53 Å². The number of carbonyl (C=O) groups is 1. The number of nitrogens with one attached hydrogen (secondary N) is 1. The minimum atomic E-state index is 0.186. The van der Waals surface area contributed by atoms with Gasteiger partial charge in [0.25, 0.3) is 0 Å².